The molecule has 33 heavy (non-hydrogen) atoms. The van der Waals surface area contributed by atoms with Crippen LogP contribution >= 0.6 is 15.9 Å². The molecule has 5 nitrogen and oxygen atoms in total. The van der Waals surface area contributed by atoms with Crippen molar-refractivity contribution in [1.29, 1.82) is 0 Å². The van der Waals surface area contributed by atoms with Crippen molar-refractivity contribution < 1.29 is 9.53 Å². The molecule has 0 radical (unpaired) electrons. The Morgan fingerprint density at radius 2 is 1.85 bits per heavy atom. The highest BCUT2D eigenvalue weighted by Gasteiger charge is 2.20. The number of carbonyl (C=O) groups excluding carboxylic acids is 1. The van der Waals surface area contributed by atoms with Gasteiger partial charge in [0, 0.05) is 22.3 Å². The number of benzene rings is 2. The quantitative estimate of drug-likeness (QED) is 0.234. The highest BCUT2D eigenvalue weighted by atomic mass is 79.9. The van der Waals surface area contributed by atoms with Gasteiger partial charge in [-0.05, 0) is 79.9 Å². The fourth-order valence-electron chi connectivity index (χ4n) is 4.39. The van der Waals surface area contributed by atoms with Crippen LogP contribution in [0.2, 0.25) is 0 Å². The predicted octanol–water partition coefficient (Wildman–Crippen LogP) is 7.04. The largest absolute Gasteiger partial charge is 0.423 e. The Balaban J connectivity index is 1.43. The van der Waals surface area contributed by atoms with E-state index in [9.17, 15) is 4.79 Å². The molecule has 5 rings (SSSR count). The lowest BCUT2D eigenvalue weighted by molar-refractivity contribution is 0.0734. The van der Waals surface area contributed by atoms with E-state index in [-0.39, 0.29) is 5.97 Å². The van der Waals surface area contributed by atoms with E-state index in [1.54, 1.807) is 12.1 Å². The maximum atomic E-state index is 12.5. The number of imidazole rings is 1. The number of hydrogen-bond donors (Lipinski definition) is 1. The third-order valence-electron chi connectivity index (χ3n) is 6.13. The smallest absolute Gasteiger partial charge is 0.343 e. The van der Waals surface area contributed by atoms with E-state index < -0.39 is 0 Å². The van der Waals surface area contributed by atoms with Crippen molar-refractivity contribution >= 4 is 33.4 Å². The van der Waals surface area contributed by atoms with Gasteiger partial charge in [-0.1, -0.05) is 41.3 Å². The van der Waals surface area contributed by atoms with Gasteiger partial charge in [-0.15, -0.1) is 0 Å². The number of esters is 1. The first-order valence-corrected chi connectivity index (χ1v) is 12.2. The molecule has 0 atom stereocenters. The Kier molecular flexibility index (Phi) is 6.18. The number of anilines is 1. The van der Waals surface area contributed by atoms with Crippen LogP contribution in [0.15, 0.2) is 71.3 Å². The maximum absolute atomic E-state index is 12.5. The van der Waals surface area contributed by atoms with E-state index in [1.807, 2.05) is 36.4 Å². The summed E-state index contributed by atoms with van der Waals surface area (Å²) < 4.78 is 8.55. The van der Waals surface area contributed by atoms with Gasteiger partial charge in [-0.2, -0.15) is 0 Å². The third kappa shape index (κ3) is 4.81. The topological polar surface area (TPSA) is 55.6 Å². The molecule has 2 heterocycles. The summed E-state index contributed by atoms with van der Waals surface area (Å²) in [7, 11) is 0. The summed E-state index contributed by atoms with van der Waals surface area (Å²) in [4.78, 5) is 17.4. The number of rotatable bonds is 5. The lowest BCUT2D eigenvalue weighted by atomic mass is 9.95. The number of hydrogen-bond acceptors (Lipinski definition) is 4. The minimum Gasteiger partial charge on any atom is -0.423 e. The van der Waals surface area contributed by atoms with E-state index in [0.717, 1.165) is 27.2 Å². The average Bonchev–Trinajstić information content (AvgIpc) is 3.17. The third-order valence-corrected chi connectivity index (χ3v) is 6.62. The zero-order chi connectivity index (χ0) is 22.8. The van der Waals surface area contributed by atoms with Crippen LogP contribution in [0.5, 0.6) is 5.75 Å². The van der Waals surface area contributed by atoms with Crippen molar-refractivity contribution in [3.05, 3.63) is 82.5 Å². The zero-order valence-corrected chi connectivity index (χ0v) is 20.1. The molecule has 6 heteroatoms. The standard InChI is InChI=1S/C27H26BrN3O2/c1-18-14-15-31-24(16-18)30-25(26(31)29-22-8-3-2-4-9-22)19-10-12-23(13-11-19)33-27(32)20-6-5-7-21(28)17-20/h5-7,10-17,22,29H,2-4,8-9H2,1H3. The van der Waals surface area contributed by atoms with Crippen molar-refractivity contribution in [3.63, 3.8) is 0 Å². The monoisotopic (exact) mass is 503 g/mol. The highest BCUT2D eigenvalue weighted by molar-refractivity contribution is 9.10. The molecule has 4 aromatic rings. The van der Waals surface area contributed by atoms with Gasteiger partial charge in [0.05, 0.1) is 5.56 Å². The molecule has 0 aliphatic heterocycles. The number of ether oxygens (including phenoxy) is 1. The number of nitrogens with one attached hydrogen (secondary N) is 1. The van der Waals surface area contributed by atoms with E-state index in [1.165, 1.54) is 37.7 Å². The van der Waals surface area contributed by atoms with Crippen molar-refractivity contribution in [2.75, 3.05) is 5.32 Å². The minimum absolute atomic E-state index is 0.382. The first-order chi connectivity index (χ1) is 16.1. The second kappa shape index (κ2) is 9.40. The van der Waals surface area contributed by atoms with Crippen molar-refractivity contribution in [1.82, 2.24) is 9.38 Å². The average molecular weight is 504 g/mol. The van der Waals surface area contributed by atoms with E-state index >= 15 is 0 Å². The lowest BCUT2D eigenvalue weighted by Gasteiger charge is -2.24. The van der Waals surface area contributed by atoms with Gasteiger partial charge in [0.15, 0.2) is 0 Å². The number of nitrogens with zero attached hydrogens (tertiary/aromatic N) is 2. The number of aryl methyl sites for hydroxylation is 1. The van der Waals surface area contributed by atoms with E-state index in [0.29, 0.717) is 17.4 Å². The summed E-state index contributed by atoms with van der Waals surface area (Å²) in [5.74, 6) is 1.15. The molecule has 1 aliphatic rings. The van der Waals surface area contributed by atoms with Crippen LogP contribution in [-0.2, 0) is 0 Å². The first kappa shape index (κ1) is 21.7. The summed E-state index contributed by atoms with van der Waals surface area (Å²) in [5, 5.41) is 3.77. The highest BCUT2D eigenvalue weighted by Crippen LogP contribution is 2.33. The van der Waals surface area contributed by atoms with Crippen LogP contribution in [0, 0.1) is 6.92 Å². The summed E-state index contributed by atoms with van der Waals surface area (Å²) in [6.07, 6.45) is 8.30. The number of pyridine rings is 1. The summed E-state index contributed by atoms with van der Waals surface area (Å²) in [5.41, 5.74) is 4.50. The molecule has 1 fully saturated rings. The fourth-order valence-corrected chi connectivity index (χ4v) is 4.79. The molecule has 0 amide bonds. The molecule has 1 N–H and O–H groups in total. The molecule has 2 aromatic carbocycles. The van der Waals surface area contributed by atoms with Gasteiger partial charge in [-0.3, -0.25) is 4.40 Å². The molecule has 0 spiro atoms. The summed E-state index contributed by atoms with van der Waals surface area (Å²) in [6.45, 7) is 2.08. The Morgan fingerprint density at radius 1 is 1.06 bits per heavy atom. The fraction of sp³-hybridized carbons (Fsp3) is 0.259. The van der Waals surface area contributed by atoms with Crippen LogP contribution in [-0.4, -0.2) is 21.4 Å². The van der Waals surface area contributed by atoms with Crippen LogP contribution in [0.4, 0.5) is 5.82 Å². The number of halogens is 1. The van der Waals surface area contributed by atoms with E-state index in [2.05, 4.69) is 50.9 Å². The van der Waals surface area contributed by atoms with Gasteiger partial charge in [0.25, 0.3) is 0 Å². The summed E-state index contributed by atoms with van der Waals surface area (Å²) in [6, 6.07) is 19.4. The van der Waals surface area contributed by atoms with Gasteiger partial charge in [-0.25, -0.2) is 9.78 Å². The van der Waals surface area contributed by atoms with Crippen LogP contribution in [0.25, 0.3) is 16.9 Å². The van der Waals surface area contributed by atoms with Gasteiger partial charge < -0.3 is 10.1 Å². The molecular weight excluding hydrogens is 478 g/mol. The first-order valence-electron chi connectivity index (χ1n) is 11.4. The van der Waals surface area contributed by atoms with Crippen molar-refractivity contribution in [3.8, 4) is 17.0 Å². The predicted molar refractivity (Wildman–Crippen MR) is 135 cm³/mol. The number of aromatic nitrogens is 2. The lowest BCUT2D eigenvalue weighted by Crippen LogP contribution is -2.23. The Bertz CT molecular complexity index is 1290. The molecule has 2 aromatic heterocycles. The second-order valence-corrected chi connectivity index (χ2v) is 9.56. The normalized spacial score (nSPS) is 14.4. The van der Waals surface area contributed by atoms with E-state index in [4.69, 9.17) is 9.72 Å². The molecule has 168 valence electrons. The maximum Gasteiger partial charge on any atom is 0.343 e. The van der Waals surface area contributed by atoms with Gasteiger partial charge in [0.1, 0.15) is 22.9 Å². The summed E-state index contributed by atoms with van der Waals surface area (Å²) >= 11 is 3.39. The zero-order valence-electron chi connectivity index (χ0n) is 18.6. The van der Waals surface area contributed by atoms with Crippen LogP contribution in [0.3, 0.4) is 0 Å². The Morgan fingerprint density at radius 3 is 2.61 bits per heavy atom. The molecular formula is C27H26BrN3O2. The van der Waals surface area contributed by atoms with Crippen LogP contribution in [0.1, 0.15) is 48.0 Å². The number of fused-ring (bicyclic) bond motifs is 1. The number of carbonyl (C=O) groups is 1. The Labute approximate surface area is 201 Å². The van der Waals surface area contributed by atoms with Crippen molar-refractivity contribution in [2.45, 2.75) is 45.1 Å². The van der Waals surface area contributed by atoms with Gasteiger partial charge in [0.2, 0.25) is 0 Å². The molecule has 1 saturated carbocycles. The van der Waals surface area contributed by atoms with Crippen LogP contribution < -0.4 is 10.1 Å². The molecule has 0 saturated heterocycles. The Hall–Kier alpha value is -3.12. The SMILES string of the molecule is Cc1ccn2c(NC3CCCCC3)c(-c3ccc(OC(=O)c4cccc(Br)c4)cc3)nc2c1. The molecule has 1 aliphatic carbocycles. The molecule has 0 unspecified atom stereocenters. The second-order valence-electron chi connectivity index (χ2n) is 8.64. The van der Waals surface area contributed by atoms with Crippen molar-refractivity contribution in [2.24, 2.45) is 0 Å². The minimum atomic E-state index is -0.382. The van der Waals surface area contributed by atoms with Gasteiger partial charge >= 0.3 is 5.97 Å². The molecule has 0 bridgehead atoms.